The van der Waals surface area contributed by atoms with Gasteiger partial charge in [0.25, 0.3) is 5.89 Å². The lowest BCUT2D eigenvalue weighted by molar-refractivity contribution is 0.430. The van der Waals surface area contributed by atoms with Crippen molar-refractivity contribution in [2.45, 2.75) is 6.92 Å². The molecule has 7 nitrogen and oxygen atoms in total. The fourth-order valence-corrected chi connectivity index (χ4v) is 1.37. The molecule has 0 saturated carbocycles. The topological polar surface area (TPSA) is 93.4 Å². The first kappa shape index (κ1) is 9.64. The van der Waals surface area contributed by atoms with Gasteiger partial charge in [-0.2, -0.15) is 10.1 Å². The summed E-state index contributed by atoms with van der Waals surface area (Å²) in [4.78, 5) is 12.2. The number of nitrogens with one attached hydrogen (secondary N) is 1. The number of nitrogens with zero attached hydrogens (tertiary/aromatic N) is 5. The quantitative estimate of drug-likeness (QED) is 0.708. The third-order valence-electron chi connectivity index (χ3n) is 2.14. The van der Waals surface area contributed by atoms with Crippen molar-refractivity contribution in [3.05, 3.63) is 30.4 Å². The Kier molecular flexibility index (Phi) is 2.14. The van der Waals surface area contributed by atoms with E-state index in [9.17, 15) is 0 Å². The number of aromatic nitrogens is 6. The fourth-order valence-electron chi connectivity index (χ4n) is 1.37. The third-order valence-corrected chi connectivity index (χ3v) is 2.14. The summed E-state index contributed by atoms with van der Waals surface area (Å²) in [6, 6.07) is 1.83. The lowest BCUT2D eigenvalue weighted by Crippen LogP contribution is -1.86. The van der Waals surface area contributed by atoms with Crippen LogP contribution in [0, 0.1) is 6.92 Å². The van der Waals surface area contributed by atoms with Gasteiger partial charge in [0.15, 0.2) is 5.69 Å². The van der Waals surface area contributed by atoms with Crippen molar-refractivity contribution in [3.8, 4) is 23.1 Å². The van der Waals surface area contributed by atoms with E-state index in [-0.39, 0.29) is 0 Å². The van der Waals surface area contributed by atoms with E-state index < -0.39 is 0 Å². The molecule has 0 spiro atoms. The molecular formula is C10H8N6O. The second-order valence-corrected chi connectivity index (χ2v) is 3.45. The molecule has 3 rings (SSSR count). The minimum absolute atomic E-state index is 0.356. The molecule has 0 aliphatic carbocycles. The maximum absolute atomic E-state index is 5.11. The zero-order valence-corrected chi connectivity index (χ0v) is 8.95. The van der Waals surface area contributed by atoms with Crippen molar-refractivity contribution in [1.29, 1.82) is 0 Å². The van der Waals surface area contributed by atoms with Crippen molar-refractivity contribution >= 4 is 0 Å². The van der Waals surface area contributed by atoms with Gasteiger partial charge in [0.05, 0.1) is 6.20 Å². The van der Waals surface area contributed by atoms with E-state index in [4.69, 9.17) is 4.52 Å². The predicted molar refractivity (Wildman–Crippen MR) is 57.6 cm³/mol. The van der Waals surface area contributed by atoms with E-state index in [0.29, 0.717) is 23.1 Å². The summed E-state index contributed by atoms with van der Waals surface area (Å²) in [7, 11) is 0. The van der Waals surface area contributed by atoms with Crippen LogP contribution in [0.5, 0.6) is 0 Å². The molecule has 1 N–H and O–H groups in total. The summed E-state index contributed by atoms with van der Waals surface area (Å²) < 4.78 is 5.11. The molecule has 0 unspecified atom stereocenters. The van der Waals surface area contributed by atoms with E-state index in [1.165, 1.54) is 0 Å². The Labute approximate surface area is 95.9 Å². The Bertz CT molecular complexity index is 629. The van der Waals surface area contributed by atoms with E-state index in [2.05, 4.69) is 30.3 Å². The SMILES string of the molecule is Cc1cc(-c2nc(-c3cnccn3)no2)n[nH]1. The van der Waals surface area contributed by atoms with Crippen LogP contribution in [-0.2, 0) is 0 Å². The highest BCUT2D eigenvalue weighted by Gasteiger charge is 2.13. The summed E-state index contributed by atoms with van der Waals surface area (Å²) in [5, 5.41) is 10.7. The van der Waals surface area contributed by atoms with Gasteiger partial charge < -0.3 is 4.52 Å². The highest BCUT2D eigenvalue weighted by Crippen LogP contribution is 2.18. The van der Waals surface area contributed by atoms with Crippen molar-refractivity contribution in [2.24, 2.45) is 0 Å². The molecule has 84 valence electrons. The molecule has 0 atom stereocenters. The van der Waals surface area contributed by atoms with Gasteiger partial charge in [-0.15, -0.1) is 0 Å². The molecule has 0 bridgehead atoms. The van der Waals surface area contributed by atoms with Crippen LogP contribution in [0.25, 0.3) is 23.1 Å². The monoisotopic (exact) mass is 228 g/mol. The Balaban J connectivity index is 1.99. The highest BCUT2D eigenvalue weighted by atomic mass is 16.5. The van der Waals surface area contributed by atoms with Crippen molar-refractivity contribution < 1.29 is 4.52 Å². The molecule has 0 aliphatic rings. The van der Waals surface area contributed by atoms with Crippen LogP contribution in [0.1, 0.15) is 5.69 Å². The average Bonchev–Trinajstić information content (AvgIpc) is 2.98. The molecule has 3 aromatic heterocycles. The van der Waals surface area contributed by atoms with Crippen molar-refractivity contribution in [1.82, 2.24) is 30.3 Å². The summed E-state index contributed by atoms with van der Waals surface area (Å²) >= 11 is 0. The fraction of sp³-hybridized carbons (Fsp3) is 0.100. The first-order valence-corrected chi connectivity index (χ1v) is 4.95. The van der Waals surface area contributed by atoms with Crippen LogP contribution in [0.3, 0.4) is 0 Å². The zero-order valence-electron chi connectivity index (χ0n) is 8.95. The lowest BCUT2D eigenvalue weighted by atomic mass is 10.4. The van der Waals surface area contributed by atoms with Gasteiger partial charge in [-0.1, -0.05) is 5.16 Å². The van der Waals surface area contributed by atoms with E-state index in [1.807, 2.05) is 13.0 Å². The normalized spacial score (nSPS) is 10.6. The highest BCUT2D eigenvalue weighted by molar-refractivity contribution is 5.53. The van der Waals surface area contributed by atoms with Crippen molar-refractivity contribution in [2.75, 3.05) is 0 Å². The molecule has 0 saturated heterocycles. The lowest BCUT2D eigenvalue weighted by Gasteiger charge is -1.88. The van der Waals surface area contributed by atoms with Crippen LogP contribution >= 0.6 is 0 Å². The standard InChI is InChI=1S/C10H8N6O/c1-6-4-7(15-14-6)10-13-9(16-17-10)8-5-11-2-3-12-8/h2-5H,1H3,(H,14,15). The first-order chi connectivity index (χ1) is 8.33. The number of hydrogen-bond donors (Lipinski definition) is 1. The van der Waals surface area contributed by atoms with Gasteiger partial charge in [-0.25, -0.2) is 4.98 Å². The molecule has 3 heterocycles. The first-order valence-electron chi connectivity index (χ1n) is 4.95. The van der Waals surface area contributed by atoms with Gasteiger partial charge in [0, 0.05) is 18.1 Å². The Hall–Kier alpha value is -2.57. The van der Waals surface area contributed by atoms with Gasteiger partial charge in [0.2, 0.25) is 5.82 Å². The smallest absolute Gasteiger partial charge is 0.278 e. The Morgan fingerprint density at radius 1 is 1.24 bits per heavy atom. The number of H-pyrrole nitrogens is 1. The molecule has 0 aliphatic heterocycles. The minimum Gasteiger partial charge on any atom is -0.332 e. The molecule has 0 radical (unpaired) electrons. The van der Waals surface area contributed by atoms with Crippen LogP contribution in [0.4, 0.5) is 0 Å². The average molecular weight is 228 g/mol. The second kappa shape index (κ2) is 3.78. The summed E-state index contributed by atoms with van der Waals surface area (Å²) in [5.74, 6) is 0.753. The van der Waals surface area contributed by atoms with Gasteiger partial charge in [0.1, 0.15) is 5.69 Å². The summed E-state index contributed by atoms with van der Waals surface area (Å²) in [6.45, 7) is 1.90. The van der Waals surface area contributed by atoms with Gasteiger partial charge >= 0.3 is 0 Å². The largest absolute Gasteiger partial charge is 0.332 e. The van der Waals surface area contributed by atoms with Crippen LogP contribution in [0.2, 0.25) is 0 Å². The number of rotatable bonds is 2. The molecular weight excluding hydrogens is 220 g/mol. The van der Waals surface area contributed by atoms with E-state index in [0.717, 1.165) is 5.69 Å². The predicted octanol–water partition coefficient (Wildman–Crippen LogP) is 1.23. The maximum atomic E-state index is 5.11. The molecule has 17 heavy (non-hydrogen) atoms. The molecule has 7 heteroatoms. The Morgan fingerprint density at radius 3 is 2.88 bits per heavy atom. The number of aryl methyl sites for hydroxylation is 1. The number of hydrogen-bond acceptors (Lipinski definition) is 6. The van der Waals surface area contributed by atoms with Crippen molar-refractivity contribution in [3.63, 3.8) is 0 Å². The van der Waals surface area contributed by atoms with Gasteiger partial charge in [-0.3, -0.25) is 10.1 Å². The second-order valence-electron chi connectivity index (χ2n) is 3.45. The molecule has 0 fully saturated rings. The summed E-state index contributed by atoms with van der Waals surface area (Å²) in [5.41, 5.74) is 2.11. The zero-order chi connectivity index (χ0) is 11.7. The number of aromatic amines is 1. The minimum atomic E-state index is 0.356. The van der Waals surface area contributed by atoms with E-state index >= 15 is 0 Å². The Morgan fingerprint density at radius 2 is 2.18 bits per heavy atom. The van der Waals surface area contributed by atoms with Crippen LogP contribution < -0.4 is 0 Å². The van der Waals surface area contributed by atoms with Crippen LogP contribution in [0.15, 0.2) is 29.2 Å². The van der Waals surface area contributed by atoms with Gasteiger partial charge in [-0.05, 0) is 13.0 Å². The third kappa shape index (κ3) is 1.78. The molecule has 3 aromatic rings. The van der Waals surface area contributed by atoms with E-state index in [1.54, 1.807) is 18.6 Å². The molecule has 0 aromatic carbocycles. The van der Waals surface area contributed by atoms with Crippen LogP contribution in [-0.4, -0.2) is 30.3 Å². The summed E-state index contributed by atoms with van der Waals surface area (Å²) in [6.07, 6.45) is 4.73. The molecule has 0 amide bonds. The maximum Gasteiger partial charge on any atom is 0.278 e.